The average Bonchev–Trinajstić information content (AvgIpc) is 3.15. The number of benzene rings is 2. The van der Waals surface area contributed by atoms with E-state index >= 15 is 0 Å². The number of hydrogen-bond acceptors (Lipinski definition) is 5. The molecule has 4 aromatic rings. The fraction of sp³-hybridized carbons (Fsp3) is 0.190. The molecule has 0 spiro atoms. The minimum atomic E-state index is -0.217. The van der Waals surface area contributed by atoms with Crippen LogP contribution in [0.2, 0.25) is 5.02 Å². The molecule has 2 heterocycles. The summed E-state index contributed by atoms with van der Waals surface area (Å²) < 4.78 is 1.32. The van der Waals surface area contributed by atoms with Crippen molar-refractivity contribution in [3.63, 3.8) is 0 Å². The maximum atomic E-state index is 12.4. The quantitative estimate of drug-likeness (QED) is 0.432. The van der Waals surface area contributed by atoms with Crippen LogP contribution in [0.1, 0.15) is 23.7 Å². The predicted octanol–water partition coefficient (Wildman–Crippen LogP) is 3.86. The number of anilines is 2. The molecule has 8 heteroatoms. The van der Waals surface area contributed by atoms with Crippen molar-refractivity contribution in [2.75, 3.05) is 10.6 Å². The van der Waals surface area contributed by atoms with Crippen LogP contribution in [0, 0.1) is 0 Å². The molecular formula is C21H21ClN6O. The highest BCUT2D eigenvalue weighted by Gasteiger charge is 2.08. The van der Waals surface area contributed by atoms with Gasteiger partial charge in [0.2, 0.25) is 5.95 Å². The SMILES string of the molecule is CCc1ccc(CNc2nc3nc(CNc4cccc(Cl)c4)cc(=O)n3[nH]2)cc1. The number of fused-ring (bicyclic) bond motifs is 1. The zero-order chi connectivity index (χ0) is 20.2. The minimum Gasteiger partial charge on any atom is -0.379 e. The van der Waals surface area contributed by atoms with Gasteiger partial charge < -0.3 is 10.6 Å². The predicted molar refractivity (Wildman–Crippen MR) is 116 cm³/mol. The Labute approximate surface area is 172 Å². The second kappa shape index (κ2) is 8.36. The van der Waals surface area contributed by atoms with Crippen molar-refractivity contribution in [1.29, 1.82) is 0 Å². The van der Waals surface area contributed by atoms with Crippen molar-refractivity contribution in [3.8, 4) is 0 Å². The van der Waals surface area contributed by atoms with Gasteiger partial charge in [-0.25, -0.2) is 4.98 Å². The maximum Gasteiger partial charge on any atom is 0.274 e. The van der Waals surface area contributed by atoms with Gasteiger partial charge in [0.1, 0.15) is 0 Å². The van der Waals surface area contributed by atoms with Crippen LogP contribution in [0.4, 0.5) is 11.6 Å². The molecule has 0 fully saturated rings. The van der Waals surface area contributed by atoms with E-state index in [0.717, 1.165) is 17.7 Å². The Hall–Kier alpha value is -3.32. The van der Waals surface area contributed by atoms with E-state index in [1.807, 2.05) is 18.2 Å². The third-order valence-corrected chi connectivity index (χ3v) is 4.81. The summed E-state index contributed by atoms with van der Waals surface area (Å²) in [5, 5.41) is 10.0. The number of aromatic nitrogens is 4. The Morgan fingerprint density at radius 1 is 1.00 bits per heavy atom. The molecule has 148 valence electrons. The number of nitrogens with one attached hydrogen (secondary N) is 3. The first kappa shape index (κ1) is 19.0. The van der Waals surface area contributed by atoms with E-state index < -0.39 is 0 Å². The van der Waals surface area contributed by atoms with Crippen LogP contribution in [-0.2, 0) is 19.5 Å². The molecular weight excluding hydrogens is 388 g/mol. The lowest BCUT2D eigenvalue weighted by molar-refractivity contribution is 0.874. The molecule has 2 aromatic carbocycles. The number of H-pyrrole nitrogens is 1. The Balaban J connectivity index is 1.46. The summed E-state index contributed by atoms with van der Waals surface area (Å²) in [4.78, 5) is 21.2. The summed E-state index contributed by atoms with van der Waals surface area (Å²) in [5.41, 5.74) is 3.67. The van der Waals surface area contributed by atoms with Crippen molar-refractivity contribution in [2.45, 2.75) is 26.4 Å². The highest BCUT2D eigenvalue weighted by atomic mass is 35.5. The Morgan fingerprint density at radius 3 is 2.55 bits per heavy atom. The monoisotopic (exact) mass is 408 g/mol. The topological polar surface area (TPSA) is 87.1 Å². The van der Waals surface area contributed by atoms with Gasteiger partial charge in [0.05, 0.1) is 12.2 Å². The summed E-state index contributed by atoms with van der Waals surface area (Å²) in [6.45, 7) is 3.12. The zero-order valence-electron chi connectivity index (χ0n) is 15.9. The first-order valence-corrected chi connectivity index (χ1v) is 9.78. The molecule has 0 unspecified atom stereocenters. The average molecular weight is 409 g/mol. The molecule has 0 saturated heterocycles. The molecule has 4 rings (SSSR count). The van der Waals surface area contributed by atoms with E-state index in [0.29, 0.717) is 35.5 Å². The number of rotatable bonds is 7. The van der Waals surface area contributed by atoms with Gasteiger partial charge in [0.15, 0.2) is 0 Å². The van der Waals surface area contributed by atoms with E-state index in [4.69, 9.17) is 11.6 Å². The molecule has 0 aliphatic heterocycles. The van der Waals surface area contributed by atoms with Crippen molar-refractivity contribution in [3.05, 3.63) is 86.8 Å². The normalized spacial score (nSPS) is 11.0. The molecule has 0 aliphatic carbocycles. The molecule has 2 aromatic heterocycles. The maximum absolute atomic E-state index is 12.4. The number of aryl methyl sites for hydroxylation is 1. The molecule has 0 atom stereocenters. The second-order valence-electron chi connectivity index (χ2n) is 6.68. The zero-order valence-corrected chi connectivity index (χ0v) is 16.7. The third-order valence-electron chi connectivity index (χ3n) is 4.57. The van der Waals surface area contributed by atoms with Gasteiger partial charge in [-0.3, -0.25) is 9.89 Å². The van der Waals surface area contributed by atoms with Crippen LogP contribution in [0.5, 0.6) is 0 Å². The molecule has 0 amide bonds. The highest BCUT2D eigenvalue weighted by molar-refractivity contribution is 6.30. The number of aromatic amines is 1. The number of halogens is 1. The van der Waals surface area contributed by atoms with Crippen LogP contribution in [0.3, 0.4) is 0 Å². The smallest absolute Gasteiger partial charge is 0.274 e. The van der Waals surface area contributed by atoms with Gasteiger partial charge >= 0.3 is 0 Å². The Bertz CT molecular complexity index is 1180. The van der Waals surface area contributed by atoms with E-state index in [2.05, 4.69) is 56.9 Å². The lowest BCUT2D eigenvalue weighted by Crippen LogP contribution is -2.17. The summed E-state index contributed by atoms with van der Waals surface area (Å²) in [6.07, 6.45) is 1.01. The number of hydrogen-bond donors (Lipinski definition) is 3. The van der Waals surface area contributed by atoms with Crippen LogP contribution in [-0.4, -0.2) is 19.6 Å². The molecule has 0 aliphatic rings. The molecule has 0 radical (unpaired) electrons. The van der Waals surface area contributed by atoms with Crippen molar-refractivity contribution >= 4 is 29.0 Å². The van der Waals surface area contributed by atoms with Crippen molar-refractivity contribution in [1.82, 2.24) is 19.6 Å². The van der Waals surface area contributed by atoms with Gasteiger partial charge in [-0.2, -0.15) is 9.50 Å². The van der Waals surface area contributed by atoms with Crippen molar-refractivity contribution in [2.24, 2.45) is 0 Å². The van der Waals surface area contributed by atoms with Crippen LogP contribution >= 0.6 is 11.6 Å². The highest BCUT2D eigenvalue weighted by Crippen LogP contribution is 2.15. The van der Waals surface area contributed by atoms with E-state index in [9.17, 15) is 4.79 Å². The lowest BCUT2D eigenvalue weighted by Gasteiger charge is -2.05. The first-order valence-electron chi connectivity index (χ1n) is 9.40. The summed E-state index contributed by atoms with van der Waals surface area (Å²) in [6, 6.07) is 17.3. The largest absolute Gasteiger partial charge is 0.379 e. The summed E-state index contributed by atoms with van der Waals surface area (Å²) >= 11 is 5.99. The number of nitrogens with zero attached hydrogens (tertiary/aromatic N) is 3. The molecule has 29 heavy (non-hydrogen) atoms. The molecule has 3 N–H and O–H groups in total. The van der Waals surface area contributed by atoms with E-state index in [1.165, 1.54) is 16.1 Å². The third kappa shape index (κ3) is 4.57. The van der Waals surface area contributed by atoms with Gasteiger partial charge in [-0.1, -0.05) is 48.9 Å². The molecule has 0 bridgehead atoms. The van der Waals surface area contributed by atoms with E-state index in [1.54, 1.807) is 6.07 Å². The first-order chi connectivity index (χ1) is 14.1. The second-order valence-corrected chi connectivity index (χ2v) is 7.12. The minimum absolute atomic E-state index is 0.217. The lowest BCUT2D eigenvalue weighted by atomic mass is 10.1. The summed E-state index contributed by atoms with van der Waals surface area (Å²) in [7, 11) is 0. The standard InChI is InChI=1S/C21H21ClN6O/c1-2-14-6-8-15(9-7-14)12-24-20-26-21-25-18(11-19(29)28(21)27-20)13-23-17-5-3-4-16(22)10-17/h3-11,23H,2,12-13H2,1H3,(H2,24,25,26,27). The summed E-state index contributed by atoms with van der Waals surface area (Å²) in [5.74, 6) is 0.818. The Morgan fingerprint density at radius 2 is 1.79 bits per heavy atom. The Kier molecular flexibility index (Phi) is 5.48. The molecule has 0 saturated carbocycles. The van der Waals surface area contributed by atoms with Crippen LogP contribution < -0.4 is 16.2 Å². The fourth-order valence-electron chi connectivity index (χ4n) is 2.97. The van der Waals surface area contributed by atoms with Crippen LogP contribution in [0.15, 0.2) is 59.4 Å². The fourth-order valence-corrected chi connectivity index (χ4v) is 3.16. The molecule has 7 nitrogen and oxygen atoms in total. The van der Waals surface area contributed by atoms with Gasteiger partial charge in [-0.05, 0) is 35.7 Å². The van der Waals surface area contributed by atoms with Crippen LogP contribution in [0.25, 0.3) is 5.78 Å². The van der Waals surface area contributed by atoms with Gasteiger partial charge in [0.25, 0.3) is 11.3 Å². The van der Waals surface area contributed by atoms with Gasteiger partial charge in [0, 0.05) is 23.3 Å². The van der Waals surface area contributed by atoms with Crippen molar-refractivity contribution < 1.29 is 0 Å². The van der Waals surface area contributed by atoms with Gasteiger partial charge in [-0.15, -0.1) is 0 Å². The van der Waals surface area contributed by atoms with E-state index in [-0.39, 0.29) is 5.56 Å².